The largest absolute Gasteiger partial charge is 0.496 e. The highest BCUT2D eigenvalue weighted by Crippen LogP contribution is 2.40. The van der Waals surface area contributed by atoms with Crippen LogP contribution >= 0.6 is 34.8 Å². The summed E-state index contributed by atoms with van der Waals surface area (Å²) in [5.41, 5.74) is 2.76. The molecule has 0 heterocycles. The van der Waals surface area contributed by atoms with E-state index in [9.17, 15) is 0 Å². The molecule has 0 aliphatic carbocycles. The van der Waals surface area contributed by atoms with E-state index in [1.165, 1.54) is 0 Å². The lowest BCUT2D eigenvalue weighted by Gasteiger charge is -2.12. The summed E-state index contributed by atoms with van der Waals surface area (Å²) in [5.74, 6) is 0.737. The Morgan fingerprint density at radius 2 is 1.67 bits per heavy atom. The molecule has 0 aliphatic rings. The van der Waals surface area contributed by atoms with Crippen LogP contribution in [0.3, 0.4) is 0 Å². The molecule has 0 radical (unpaired) electrons. The third kappa shape index (κ3) is 2.59. The minimum absolute atomic E-state index is 0.433. The summed E-state index contributed by atoms with van der Waals surface area (Å²) in [4.78, 5) is 0. The second kappa shape index (κ2) is 5.40. The first-order valence-electron chi connectivity index (χ1n) is 5.32. The van der Waals surface area contributed by atoms with Crippen LogP contribution in [0.15, 0.2) is 30.3 Å². The fourth-order valence-corrected chi connectivity index (χ4v) is 2.49. The summed E-state index contributed by atoms with van der Waals surface area (Å²) in [6.45, 7) is 2.00. The maximum absolute atomic E-state index is 6.23. The molecular weight excluding hydrogens is 291 g/mol. The van der Waals surface area contributed by atoms with Crippen molar-refractivity contribution in [1.82, 2.24) is 0 Å². The Hall–Kier alpha value is -0.890. The fraction of sp³-hybridized carbons (Fsp3) is 0.143. The highest BCUT2D eigenvalue weighted by molar-refractivity contribution is 6.45. The van der Waals surface area contributed by atoms with Crippen molar-refractivity contribution in [2.24, 2.45) is 0 Å². The summed E-state index contributed by atoms with van der Waals surface area (Å²) >= 11 is 18.3. The van der Waals surface area contributed by atoms with Crippen molar-refractivity contribution in [3.05, 3.63) is 51.0 Å². The van der Waals surface area contributed by atoms with Gasteiger partial charge in [0.25, 0.3) is 0 Å². The standard InChI is InChI=1S/C14H11Cl3O/c1-8-3-4-13(18-2)10(5-8)11-6-9(15)7-12(16)14(11)17/h3-7H,1-2H3. The molecule has 0 aromatic heterocycles. The van der Waals surface area contributed by atoms with Gasteiger partial charge in [-0.2, -0.15) is 0 Å². The molecule has 18 heavy (non-hydrogen) atoms. The summed E-state index contributed by atoms with van der Waals surface area (Å²) in [5, 5.41) is 1.45. The lowest BCUT2D eigenvalue weighted by atomic mass is 10.0. The molecule has 4 heteroatoms. The monoisotopic (exact) mass is 300 g/mol. The van der Waals surface area contributed by atoms with E-state index >= 15 is 0 Å². The van der Waals surface area contributed by atoms with Gasteiger partial charge in [0.05, 0.1) is 17.2 Å². The molecule has 0 bridgehead atoms. The molecule has 0 saturated carbocycles. The van der Waals surface area contributed by atoms with E-state index in [-0.39, 0.29) is 0 Å². The molecule has 1 nitrogen and oxygen atoms in total. The van der Waals surface area contributed by atoms with Gasteiger partial charge in [-0.25, -0.2) is 0 Å². The molecule has 0 unspecified atom stereocenters. The Bertz CT molecular complexity index is 594. The molecule has 0 amide bonds. The van der Waals surface area contributed by atoms with E-state index < -0.39 is 0 Å². The van der Waals surface area contributed by atoms with Crippen molar-refractivity contribution in [1.29, 1.82) is 0 Å². The van der Waals surface area contributed by atoms with Gasteiger partial charge in [-0.05, 0) is 31.2 Å². The van der Waals surface area contributed by atoms with Gasteiger partial charge in [0.15, 0.2) is 0 Å². The number of benzene rings is 2. The van der Waals surface area contributed by atoms with Crippen molar-refractivity contribution in [3.8, 4) is 16.9 Å². The van der Waals surface area contributed by atoms with Crippen molar-refractivity contribution in [2.75, 3.05) is 7.11 Å². The van der Waals surface area contributed by atoms with Crippen LogP contribution < -0.4 is 4.74 Å². The van der Waals surface area contributed by atoms with E-state index in [0.717, 1.165) is 22.4 Å². The minimum atomic E-state index is 0.433. The first kappa shape index (κ1) is 13.5. The summed E-state index contributed by atoms with van der Waals surface area (Å²) < 4.78 is 5.34. The lowest BCUT2D eigenvalue weighted by Crippen LogP contribution is -1.90. The van der Waals surface area contributed by atoms with Crippen LogP contribution in [0.25, 0.3) is 11.1 Å². The molecule has 0 fully saturated rings. The van der Waals surface area contributed by atoms with E-state index in [1.807, 2.05) is 25.1 Å². The second-order valence-corrected chi connectivity index (χ2v) is 5.17. The topological polar surface area (TPSA) is 9.23 Å². The highest BCUT2D eigenvalue weighted by Gasteiger charge is 2.13. The molecule has 2 rings (SSSR count). The Morgan fingerprint density at radius 3 is 2.33 bits per heavy atom. The zero-order valence-electron chi connectivity index (χ0n) is 9.93. The van der Waals surface area contributed by atoms with Gasteiger partial charge in [0.2, 0.25) is 0 Å². The Labute approximate surface area is 121 Å². The average molecular weight is 302 g/mol. The van der Waals surface area contributed by atoms with Crippen molar-refractivity contribution in [3.63, 3.8) is 0 Å². The van der Waals surface area contributed by atoms with E-state index in [4.69, 9.17) is 39.5 Å². The lowest BCUT2D eigenvalue weighted by molar-refractivity contribution is 0.416. The van der Waals surface area contributed by atoms with Gasteiger partial charge in [-0.3, -0.25) is 0 Å². The predicted molar refractivity (Wildman–Crippen MR) is 78.2 cm³/mol. The Kier molecular flexibility index (Phi) is 4.06. The van der Waals surface area contributed by atoms with Gasteiger partial charge < -0.3 is 4.74 Å². The van der Waals surface area contributed by atoms with Crippen LogP contribution in [0.2, 0.25) is 15.1 Å². The third-order valence-electron chi connectivity index (χ3n) is 2.64. The van der Waals surface area contributed by atoms with Crippen molar-refractivity contribution >= 4 is 34.8 Å². The van der Waals surface area contributed by atoms with E-state index in [0.29, 0.717) is 15.1 Å². The molecule has 0 aliphatic heterocycles. The SMILES string of the molecule is COc1ccc(C)cc1-c1cc(Cl)cc(Cl)c1Cl. The first-order valence-corrected chi connectivity index (χ1v) is 6.46. The zero-order valence-corrected chi connectivity index (χ0v) is 12.2. The molecule has 0 N–H and O–H groups in total. The van der Waals surface area contributed by atoms with Crippen LogP contribution in [-0.2, 0) is 0 Å². The molecule has 0 spiro atoms. The highest BCUT2D eigenvalue weighted by atomic mass is 35.5. The molecular formula is C14H11Cl3O. The van der Waals surface area contributed by atoms with Gasteiger partial charge in [-0.1, -0.05) is 46.4 Å². The number of rotatable bonds is 2. The minimum Gasteiger partial charge on any atom is -0.496 e. The van der Waals surface area contributed by atoms with Crippen LogP contribution in [0.4, 0.5) is 0 Å². The van der Waals surface area contributed by atoms with Gasteiger partial charge >= 0.3 is 0 Å². The van der Waals surface area contributed by atoms with Gasteiger partial charge in [0, 0.05) is 16.1 Å². The smallest absolute Gasteiger partial charge is 0.126 e. The third-order valence-corrected chi connectivity index (χ3v) is 3.66. The second-order valence-electron chi connectivity index (χ2n) is 3.95. The number of hydrogen-bond acceptors (Lipinski definition) is 1. The van der Waals surface area contributed by atoms with Crippen LogP contribution in [0.5, 0.6) is 5.75 Å². The molecule has 0 atom stereocenters. The molecule has 94 valence electrons. The fourth-order valence-electron chi connectivity index (χ4n) is 1.78. The Morgan fingerprint density at radius 1 is 0.944 bits per heavy atom. The van der Waals surface area contributed by atoms with Crippen LogP contribution in [0, 0.1) is 6.92 Å². The van der Waals surface area contributed by atoms with Crippen LogP contribution in [-0.4, -0.2) is 7.11 Å². The predicted octanol–water partition coefficient (Wildman–Crippen LogP) is 5.63. The van der Waals surface area contributed by atoms with Gasteiger partial charge in [-0.15, -0.1) is 0 Å². The maximum atomic E-state index is 6.23. The molecule has 0 saturated heterocycles. The van der Waals surface area contributed by atoms with E-state index in [1.54, 1.807) is 19.2 Å². The number of aryl methyl sites for hydroxylation is 1. The maximum Gasteiger partial charge on any atom is 0.126 e. The number of hydrogen-bond donors (Lipinski definition) is 0. The van der Waals surface area contributed by atoms with Gasteiger partial charge in [0.1, 0.15) is 5.75 Å². The molecule has 2 aromatic carbocycles. The normalized spacial score (nSPS) is 10.5. The number of methoxy groups -OCH3 is 1. The van der Waals surface area contributed by atoms with Crippen LogP contribution in [0.1, 0.15) is 5.56 Å². The van der Waals surface area contributed by atoms with Crippen molar-refractivity contribution in [2.45, 2.75) is 6.92 Å². The number of ether oxygens (including phenoxy) is 1. The zero-order chi connectivity index (χ0) is 13.3. The quantitative estimate of drug-likeness (QED) is 0.653. The summed E-state index contributed by atoms with van der Waals surface area (Å²) in [6, 6.07) is 9.27. The summed E-state index contributed by atoms with van der Waals surface area (Å²) in [6.07, 6.45) is 0. The first-order chi connectivity index (χ1) is 8.52. The van der Waals surface area contributed by atoms with Crippen molar-refractivity contribution < 1.29 is 4.74 Å². The summed E-state index contributed by atoms with van der Waals surface area (Å²) in [7, 11) is 1.62. The Balaban J connectivity index is 2.72. The number of halogens is 3. The molecule has 2 aromatic rings. The average Bonchev–Trinajstić information content (AvgIpc) is 2.33. The van der Waals surface area contributed by atoms with E-state index in [2.05, 4.69) is 0 Å².